The first-order valence-electron chi connectivity index (χ1n) is 7.15. The molecular weight excluding hydrogens is 435 g/mol. The Morgan fingerprint density at radius 2 is 2.32 bits per heavy atom. The van der Waals surface area contributed by atoms with Crippen molar-refractivity contribution in [2.75, 3.05) is 24.6 Å². The van der Waals surface area contributed by atoms with Gasteiger partial charge in [-0.2, -0.15) is 0 Å². The number of sulfone groups is 1. The van der Waals surface area contributed by atoms with Gasteiger partial charge in [0.2, 0.25) is 0 Å². The number of hydrogen-bond donors (Lipinski definition) is 2. The minimum atomic E-state index is -2.87. The smallest absolute Gasteiger partial charge is 0.191 e. The van der Waals surface area contributed by atoms with Gasteiger partial charge >= 0.3 is 0 Å². The molecule has 0 amide bonds. The van der Waals surface area contributed by atoms with Crippen LogP contribution in [0.25, 0.3) is 0 Å². The maximum atomic E-state index is 11.5. The Morgan fingerprint density at radius 1 is 1.55 bits per heavy atom. The van der Waals surface area contributed by atoms with Gasteiger partial charge < -0.3 is 10.6 Å². The molecule has 2 heterocycles. The van der Waals surface area contributed by atoms with Crippen molar-refractivity contribution in [2.24, 2.45) is 4.99 Å². The van der Waals surface area contributed by atoms with E-state index in [0.717, 1.165) is 18.0 Å². The maximum Gasteiger partial charge on any atom is 0.191 e. The fraction of sp³-hybridized carbons (Fsp3) is 0.692. The number of halogens is 1. The molecule has 1 saturated heterocycles. The molecule has 1 aliphatic rings. The first-order chi connectivity index (χ1) is 9.98. The van der Waals surface area contributed by atoms with Crippen LogP contribution in [0.5, 0.6) is 0 Å². The Kier molecular flexibility index (Phi) is 8.04. The molecule has 1 aromatic rings. The van der Waals surface area contributed by atoms with Crippen LogP contribution >= 0.6 is 35.3 Å². The monoisotopic (exact) mass is 458 g/mol. The summed E-state index contributed by atoms with van der Waals surface area (Å²) in [7, 11) is -2.87. The van der Waals surface area contributed by atoms with Gasteiger partial charge in [0.15, 0.2) is 15.8 Å². The number of thiazole rings is 1. The molecule has 22 heavy (non-hydrogen) atoms. The first-order valence-corrected chi connectivity index (χ1v) is 9.79. The van der Waals surface area contributed by atoms with Gasteiger partial charge in [0.05, 0.1) is 16.5 Å². The lowest BCUT2D eigenvalue weighted by molar-refractivity contribution is 0.599. The van der Waals surface area contributed by atoms with Crippen LogP contribution in [0.15, 0.2) is 11.2 Å². The molecular formula is C13H23IN4O2S2. The van der Waals surface area contributed by atoms with E-state index >= 15 is 0 Å². The van der Waals surface area contributed by atoms with Gasteiger partial charge in [-0.15, -0.1) is 35.3 Å². The average molecular weight is 458 g/mol. The Morgan fingerprint density at radius 3 is 2.86 bits per heavy atom. The Bertz CT molecular complexity index is 601. The fourth-order valence-electron chi connectivity index (χ4n) is 2.20. The summed E-state index contributed by atoms with van der Waals surface area (Å²) < 4.78 is 22.9. The third-order valence-corrected chi connectivity index (χ3v) is 5.92. The van der Waals surface area contributed by atoms with Gasteiger partial charge in [0.25, 0.3) is 0 Å². The summed E-state index contributed by atoms with van der Waals surface area (Å²) in [4.78, 5) is 10.0. The molecule has 6 nitrogen and oxygen atoms in total. The van der Waals surface area contributed by atoms with Gasteiger partial charge in [-0.25, -0.2) is 13.4 Å². The number of aromatic nitrogens is 1. The van der Waals surface area contributed by atoms with E-state index in [1.54, 1.807) is 11.3 Å². The van der Waals surface area contributed by atoms with E-state index in [-0.39, 0.29) is 41.5 Å². The predicted molar refractivity (Wildman–Crippen MR) is 102 cm³/mol. The van der Waals surface area contributed by atoms with Gasteiger partial charge in [0.1, 0.15) is 0 Å². The van der Waals surface area contributed by atoms with Crippen LogP contribution in [0.3, 0.4) is 0 Å². The molecule has 1 unspecified atom stereocenters. The third-order valence-electron chi connectivity index (χ3n) is 3.18. The summed E-state index contributed by atoms with van der Waals surface area (Å²) in [6.45, 7) is 5.42. The van der Waals surface area contributed by atoms with Crippen LogP contribution in [-0.4, -0.2) is 50.0 Å². The summed E-state index contributed by atoms with van der Waals surface area (Å²) in [6.07, 6.45) is 3.33. The van der Waals surface area contributed by atoms with E-state index in [1.807, 2.05) is 20.0 Å². The quantitative estimate of drug-likeness (QED) is 0.396. The minimum Gasteiger partial charge on any atom is -0.357 e. The van der Waals surface area contributed by atoms with Crippen LogP contribution in [-0.2, 0) is 16.3 Å². The SMILES string of the molecule is CCNC(=NCCc1ncc(C)s1)NC1CCS(=O)(=O)C1.I. The molecule has 0 bridgehead atoms. The van der Waals surface area contributed by atoms with Gasteiger partial charge in [-0.1, -0.05) is 0 Å². The van der Waals surface area contributed by atoms with Crippen molar-refractivity contribution in [2.45, 2.75) is 32.7 Å². The molecule has 1 aromatic heterocycles. The number of guanidine groups is 1. The number of nitrogens with zero attached hydrogens (tertiary/aromatic N) is 2. The number of nitrogens with one attached hydrogen (secondary N) is 2. The van der Waals surface area contributed by atoms with E-state index in [0.29, 0.717) is 18.9 Å². The summed E-state index contributed by atoms with van der Waals surface area (Å²) >= 11 is 1.68. The van der Waals surface area contributed by atoms with E-state index in [9.17, 15) is 8.42 Å². The zero-order valence-corrected chi connectivity index (χ0v) is 16.8. The number of hydrogen-bond acceptors (Lipinski definition) is 5. The Hall–Kier alpha value is -0.420. The van der Waals surface area contributed by atoms with Crippen LogP contribution in [0.2, 0.25) is 0 Å². The van der Waals surface area contributed by atoms with Crippen molar-refractivity contribution in [3.63, 3.8) is 0 Å². The van der Waals surface area contributed by atoms with Crippen LogP contribution < -0.4 is 10.6 Å². The molecule has 9 heteroatoms. The zero-order valence-electron chi connectivity index (χ0n) is 12.8. The van der Waals surface area contributed by atoms with Crippen molar-refractivity contribution < 1.29 is 8.42 Å². The number of rotatable bonds is 5. The normalized spacial score (nSPS) is 20.5. The lowest BCUT2D eigenvalue weighted by Crippen LogP contribution is -2.44. The second kappa shape index (κ2) is 9.02. The van der Waals surface area contributed by atoms with E-state index in [2.05, 4.69) is 20.6 Å². The molecule has 0 aromatic carbocycles. The fourth-order valence-corrected chi connectivity index (χ4v) is 4.65. The van der Waals surface area contributed by atoms with Crippen molar-refractivity contribution in [3.05, 3.63) is 16.1 Å². The molecule has 1 aliphatic heterocycles. The molecule has 126 valence electrons. The largest absolute Gasteiger partial charge is 0.357 e. The van der Waals surface area contributed by atoms with Crippen molar-refractivity contribution >= 4 is 51.1 Å². The average Bonchev–Trinajstić information content (AvgIpc) is 2.96. The second-order valence-corrected chi connectivity index (χ2v) is 8.67. The van der Waals surface area contributed by atoms with E-state index in [1.165, 1.54) is 4.88 Å². The van der Waals surface area contributed by atoms with Gasteiger partial charge in [0, 0.05) is 36.6 Å². The highest BCUT2D eigenvalue weighted by molar-refractivity contribution is 14.0. The van der Waals surface area contributed by atoms with Crippen molar-refractivity contribution in [3.8, 4) is 0 Å². The zero-order chi connectivity index (χ0) is 15.3. The summed E-state index contributed by atoms with van der Waals surface area (Å²) in [6, 6.07) is -0.0325. The van der Waals surface area contributed by atoms with E-state index in [4.69, 9.17) is 0 Å². The van der Waals surface area contributed by atoms with Gasteiger partial charge in [-0.05, 0) is 20.3 Å². The highest BCUT2D eigenvalue weighted by Crippen LogP contribution is 2.12. The van der Waals surface area contributed by atoms with Crippen molar-refractivity contribution in [1.82, 2.24) is 15.6 Å². The van der Waals surface area contributed by atoms with Gasteiger partial charge in [-0.3, -0.25) is 4.99 Å². The molecule has 0 aliphatic carbocycles. The highest BCUT2D eigenvalue weighted by Gasteiger charge is 2.28. The van der Waals surface area contributed by atoms with Crippen LogP contribution in [0.4, 0.5) is 0 Å². The number of aliphatic imine (C=N–C) groups is 1. The first kappa shape index (κ1) is 19.6. The summed E-state index contributed by atoms with van der Waals surface area (Å²) in [5, 5.41) is 7.44. The number of aryl methyl sites for hydroxylation is 1. The molecule has 2 N–H and O–H groups in total. The standard InChI is InChI=1S/C13H22N4O2S2.HI/c1-3-14-13(17-11-5-7-21(18,19)9-11)15-6-4-12-16-8-10(2)20-12;/h8,11H,3-7,9H2,1-2H3,(H2,14,15,17);1H. The molecule has 0 saturated carbocycles. The third kappa shape index (κ3) is 6.37. The second-order valence-electron chi connectivity index (χ2n) is 5.12. The maximum absolute atomic E-state index is 11.5. The molecule has 1 atom stereocenters. The molecule has 0 spiro atoms. The highest BCUT2D eigenvalue weighted by atomic mass is 127. The summed E-state index contributed by atoms with van der Waals surface area (Å²) in [5.74, 6) is 1.15. The van der Waals surface area contributed by atoms with Crippen LogP contribution in [0.1, 0.15) is 23.2 Å². The van der Waals surface area contributed by atoms with Crippen LogP contribution in [0, 0.1) is 6.92 Å². The Labute approximate surface area is 153 Å². The minimum absolute atomic E-state index is 0. The lowest BCUT2D eigenvalue weighted by Gasteiger charge is -2.15. The topological polar surface area (TPSA) is 83.4 Å². The molecule has 2 rings (SSSR count). The van der Waals surface area contributed by atoms with E-state index < -0.39 is 9.84 Å². The lowest BCUT2D eigenvalue weighted by atomic mass is 10.3. The summed E-state index contributed by atoms with van der Waals surface area (Å²) in [5.41, 5.74) is 0. The Balaban J connectivity index is 0.00000242. The predicted octanol–water partition coefficient (Wildman–Crippen LogP) is 1.35. The van der Waals surface area contributed by atoms with Crippen molar-refractivity contribution in [1.29, 1.82) is 0 Å². The molecule has 0 radical (unpaired) electrons. The molecule has 1 fully saturated rings.